The Morgan fingerprint density at radius 2 is 1.95 bits per heavy atom. The molecule has 3 nitrogen and oxygen atoms in total. The second-order valence-corrected chi connectivity index (χ2v) is 5.39. The van der Waals surface area contributed by atoms with Gasteiger partial charge in [0.2, 0.25) is 5.90 Å². The Labute approximate surface area is 116 Å². The lowest BCUT2D eigenvalue weighted by atomic mass is 10.0. The van der Waals surface area contributed by atoms with Crippen LogP contribution in [0.4, 0.5) is 5.69 Å². The molecule has 1 aromatic rings. The molecule has 104 valence electrons. The largest absolute Gasteiger partial charge is 0.483 e. The van der Waals surface area contributed by atoms with Crippen LogP contribution in [-0.4, -0.2) is 37.5 Å². The van der Waals surface area contributed by atoms with E-state index >= 15 is 0 Å². The average Bonchev–Trinajstić information content (AvgIpc) is 2.40. The first-order valence-corrected chi connectivity index (χ1v) is 7.02. The summed E-state index contributed by atoms with van der Waals surface area (Å²) in [5.41, 5.74) is 3.46. The molecule has 19 heavy (non-hydrogen) atoms. The Morgan fingerprint density at radius 1 is 1.26 bits per heavy atom. The fourth-order valence-electron chi connectivity index (χ4n) is 2.74. The summed E-state index contributed by atoms with van der Waals surface area (Å²) in [5.74, 6) is 0.847. The smallest absolute Gasteiger partial charge is 0.206 e. The summed E-state index contributed by atoms with van der Waals surface area (Å²) in [6.07, 6.45) is 3.66. The third-order valence-electron chi connectivity index (χ3n) is 3.93. The molecule has 1 fully saturated rings. The highest BCUT2D eigenvalue weighted by molar-refractivity contribution is 5.85. The Hall–Kier alpha value is -1.35. The number of para-hydroxylation sites is 1. The van der Waals surface area contributed by atoms with Crippen molar-refractivity contribution in [3.63, 3.8) is 0 Å². The van der Waals surface area contributed by atoms with E-state index in [2.05, 4.69) is 44.0 Å². The molecular weight excluding hydrogens is 236 g/mol. The van der Waals surface area contributed by atoms with Gasteiger partial charge in [0, 0.05) is 0 Å². The van der Waals surface area contributed by atoms with Gasteiger partial charge < -0.3 is 4.74 Å². The van der Waals surface area contributed by atoms with Crippen LogP contribution < -0.4 is 0 Å². The summed E-state index contributed by atoms with van der Waals surface area (Å²) in [7, 11) is 3.89. The molecule has 0 saturated carbocycles. The van der Waals surface area contributed by atoms with Crippen molar-refractivity contribution in [3.05, 3.63) is 29.3 Å². The molecule has 1 heterocycles. The first-order valence-electron chi connectivity index (χ1n) is 7.02. The molecule has 1 unspecified atom stereocenters. The summed E-state index contributed by atoms with van der Waals surface area (Å²) in [6.45, 7) is 5.33. The standard InChI is InChI=1S/C16H24N2O/c1-12-8-7-9-13(2)15(12)17-16(19-4)14-10-5-6-11-18(14)3/h7-9,14H,5-6,10-11H2,1-4H3/b17-16-. The molecule has 0 radical (unpaired) electrons. The Kier molecular flexibility index (Phi) is 4.59. The van der Waals surface area contributed by atoms with Gasteiger partial charge in [-0.25, -0.2) is 4.99 Å². The van der Waals surface area contributed by atoms with Crippen molar-refractivity contribution < 1.29 is 4.74 Å². The van der Waals surface area contributed by atoms with Gasteiger partial charge in [0.15, 0.2) is 0 Å². The molecule has 0 aromatic heterocycles. The topological polar surface area (TPSA) is 24.8 Å². The molecule has 1 atom stereocenters. The number of aryl methyl sites for hydroxylation is 2. The predicted octanol–water partition coefficient (Wildman–Crippen LogP) is 3.46. The highest BCUT2D eigenvalue weighted by Crippen LogP contribution is 2.25. The van der Waals surface area contributed by atoms with Crippen LogP contribution in [0.25, 0.3) is 0 Å². The van der Waals surface area contributed by atoms with Crippen molar-refractivity contribution in [2.45, 2.75) is 39.2 Å². The maximum atomic E-state index is 5.58. The first kappa shape index (κ1) is 14.1. The van der Waals surface area contributed by atoms with Gasteiger partial charge in [0.25, 0.3) is 0 Å². The quantitative estimate of drug-likeness (QED) is 0.601. The van der Waals surface area contributed by atoms with Crippen molar-refractivity contribution >= 4 is 11.6 Å². The van der Waals surface area contributed by atoms with Crippen LogP contribution in [0.2, 0.25) is 0 Å². The van der Waals surface area contributed by atoms with Crippen molar-refractivity contribution in [2.24, 2.45) is 4.99 Å². The first-order chi connectivity index (χ1) is 9.13. The van der Waals surface area contributed by atoms with Crippen LogP contribution in [0, 0.1) is 13.8 Å². The number of benzene rings is 1. The van der Waals surface area contributed by atoms with Gasteiger partial charge in [-0.3, -0.25) is 4.90 Å². The number of hydrogen-bond acceptors (Lipinski definition) is 3. The van der Waals surface area contributed by atoms with Crippen LogP contribution in [0.3, 0.4) is 0 Å². The SMILES string of the molecule is CO/C(=N\c1c(C)cccc1C)C1CCCCN1C. The number of aliphatic imine (C=N–C) groups is 1. The fraction of sp³-hybridized carbons (Fsp3) is 0.562. The Morgan fingerprint density at radius 3 is 2.53 bits per heavy atom. The van der Waals surface area contributed by atoms with Crippen LogP contribution in [0.1, 0.15) is 30.4 Å². The molecule has 0 bridgehead atoms. The Bertz CT molecular complexity index is 448. The fourth-order valence-corrected chi connectivity index (χ4v) is 2.74. The van der Waals surface area contributed by atoms with Crippen molar-refractivity contribution in [1.29, 1.82) is 0 Å². The molecule has 0 N–H and O–H groups in total. The minimum atomic E-state index is 0.317. The summed E-state index contributed by atoms with van der Waals surface area (Å²) >= 11 is 0. The number of piperidine rings is 1. The maximum Gasteiger partial charge on any atom is 0.206 e. The Balaban J connectivity index is 2.32. The molecule has 0 spiro atoms. The minimum Gasteiger partial charge on any atom is -0.483 e. The van der Waals surface area contributed by atoms with Gasteiger partial charge in [-0.1, -0.05) is 24.6 Å². The zero-order chi connectivity index (χ0) is 13.8. The monoisotopic (exact) mass is 260 g/mol. The summed E-state index contributed by atoms with van der Waals surface area (Å²) < 4.78 is 5.58. The molecule has 0 amide bonds. The molecule has 1 aliphatic heterocycles. The molecular formula is C16H24N2O. The number of likely N-dealkylation sites (tertiary alicyclic amines) is 1. The highest BCUT2D eigenvalue weighted by atomic mass is 16.5. The third kappa shape index (κ3) is 3.16. The predicted molar refractivity (Wildman–Crippen MR) is 80.3 cm³/mol. The number of nitrogens with zero attached hydrogens (tertiary/aromatic N) is 2. The number of likely N-dealkylation sites (N-methyl/N-ethyl adjacent to an activating group) is 1. The van der Waals surface area contributed by atoms with Gasteiger partial charge in [-0.15, -0.1) is 0 Å². The summed E-state index contributed by atoms with van der Waals surface area (Å²) in [5, 5.41) is 0. The molecule has 1 aliphatic rings. The van der Waals surface area contributed by atoms with E-state index in [1.165, 1.54) is 24.0 Å². The van der Waals surface area contributed by atoms with Gasteiger partial charge in [0.05, 0.1) is 18.8 Å². The molecule has 1 saturated heterocycles. The van der Waals surface area contributed by atoms with E-state index in [4.69, 9.17) is 9.73 Å². The molecule has 2 rings (SSSR count). The van der Waals surface area contributed by atoms with Gasteiger partial charge in [-0.2, -0.15) is 0 Å². The van der Waals surface area contributed by atoms with E-state index in [1.54, 1.807) is 7.11 Å². The molecule has 3 heteroatoms. The van der Waals surface area contributed by atoms with Gasteiger partial charge in [-0.05, 0) is 51.4 Å². The highest BCUT2D eigenvalue weighted by Gasteiger charge is 2.25. The van der Waals surface area contributed by atoms with E-state index in [0.717, 1.165) is 24.6 Å². The van der Waals surface area contributed by atoms with Crippen molar-refractivity contribution in [1.82, 2.24) is 4.90 Å². The lowest BCUT2D eigenvalue weighted by Gasteiger charge is -2.32. The third-order valence-corrected chi connectivity index (χ3v) is 3.93. The summed E-state index contributed by atoms with van der Waals surface area (Å²) in [4.78, 5) is 7.15. The van der Waals surface area contributed by atoms with E-state index < -0.39 is 0 Å². The van der Waals surface area contributed by atoms with Crippen LogP contribution in [-0.2, 0) is 4.74 Å². The van der Waals surface area contributed by atoms with Crippen LogP contribution in [0.5, 0.6) is 0 Å². The lowest BCUT2D eigenvalue weighted by molar-refractivity contribution is 0.206. The average molecular weight is 260 g/mol. The van der Waals surface area contributed by atoms with E-state index in [1.807, 2.05) is 0 Å². The van der Waals surface area contributed by atoms with Crippen molar-refractivity contribution in [2.75, 3.05) is 20.7 Å². The van der Waals surface area contributed by atoms with E-state index in [9.17, 15) is 0 Å². The number of rotatable bonds is 2. The number of hydrogen-bond donors (Lipinski definition) is 0. The van der Waals surface area contributed by atoms with E-state index in [-0.39, 0.29) is 0 Å². The number of ether oxygens (including phenoxy) is 1. The second kappa shape index (κ2) is 6.20. The zero-order valence-electron chi connectivity index (χ0n) is 12.4. The lowest BCUT2D eigenvalue weighted by Crippen LogP contribution is -2.42. The van der Waals surface area contributed by atoms with Crippen LogP contribution in [0.15, 0.2) is 23.2 Å². The summed E-state index contributed by atoms with van der Waals surface area (Å²) in [6, 6.07) is 6.59. The normalized spacial score (nSPS) is 21.5. The maximum absolute atomic E-state index is 5.58. The second-order valence-electron chi connectivity index (χ2n) is 5.39. The van der Waals surface area contributed by atoms with Crippen LogP contribution >= 0.6 is 0 Å². The number of methoxy groups -OCH3 is 1. The van der Waals surface area contributed by atoms with Gasteiger partial charge in [0.1, 0.15) is 0 Å². The minimum absolute atomic E-state index is 0.317. The van der Waals surface area contributed by atoms with Crippen molar-refractivity contribution in [3.8, 4) is 0 Å². The zero-order valence-corrected chi connectivity index (χ0v) is 12.4. The van der Waals surface area contributed by atoms with Gasteiger partial charge >= 0.3 is 0 Å². The van der Waals surface area contributed by atoms with E-state index in [0.29, 0.717) is 6.04 Å². The molecule has 1 aromatic carbocycles. The molecule has 0 aliphatic carbocycles.